The summed E-state index contributed by atoms with van der Waals surface area (Å²) in [5.74, 6) is 1.98. The van der Waals surface area contributed by atoms with E-state index in [4.69, 9.17) is 15.0 Å². The summed E-state index contributed by atoms with van der Waals surface area (Å²) in [6, 6.07) is 53.1. The fourth-order valence-corrected chi connectivity index (χ4v) is 6.75. The van der Waals surface area contributed by atoms with Gasteiger partial charge in [-0.1, -0.05) is 121 Å². The molecule has 0 radical (unpaired) electrons. The normalized spacial score (nSPS) is 13.7. The van der Waals surface area contributed by atoms with Crippen LogP contribution in [0.2, 0.25) is 0 Å². The molecule has 2 aromatic heterocycles. The van der Waals surface area contributed by atoms with E-state index >= 15 is 0 Å². The van der Waals surface area contributed by atoms with Gasteiger partial charge in [-0.05, 0) is 52.6 Å². The van der Waals surface area contributed by atoms with Crippen molar-refractivity contribution in [1.82, 2.24) is 19.5 Å². The Hall–Kier alpha value is -5.87. The van der Waals surface area contributed by atoms with Gasteiger partial charge in [-0.2, -0.15) is 0 Å². The van der Waals surface area contributed by atoms with Crippen LogP contribution in [0.1, 0.15) is 22.9 Å². The van der Waals surface area contributed by atoms with E-state index in [-0.39, 0.29) is 5.92 Å². The monoisotopic (exact) mass is 562 g/mol. The highest BCUT2D eigenvalue weighted by Gasteiger charge is 2.34. The number of rotatable bonds is 4. The third kappa shape index (κ3) is 3.81. The van der Waals surface area contributed by atoms with Crippen molar-refractivity contribution in [2.24, 2.45) is 0 Å². The van der Waals surface area contributed by atoms with E-state index in [0.717, 1.165) is 22.6 Å². The number of para-hydroxylation sites is 2. The van der Waals surface area contributed by atoms with E-state index in [1.807, 2.05) is 36.4 Å². The summed E-state index contributed by atoms with van der Waals surface area (Å²) >= 11 is 0. The molecule has 0 N–H and O–H groups in total. The second-order valence-corrected chi connectivity index (χ2v) is 11.2. The van der Waals surface area contributed by atoms with E-state index in [2.05, 4.69) is 120 Å². The lowest BCUT2D eigenvalue weighted by Gasteiger charge is -2.16. The highest BCUT2D eigenvalue weighted by molar-refractivity contribution is 6.11. The van der Waals surface area contributed by atoms with Crippen LogP contribution in [-0.4, -0.2) is 19.5 Å². The number of hydrogen-bond acceptors (Lipinski definition) is 3. The van der Waals surface area contributed by atoms with Gasteiger partial charge in [0.05, 0.1) is 17.0 Å². The van der Waals surface area contributed by atoms with Crippen LogP contribution in [0.3, 0.4) is 0 Å². The van der Waals surface area contributed by atoms with Crippen molar-refractivity contribution < 1.29 is 0 Å². The van der Waals surface area contributed by atoms with Gasteiger partial charge in [0.2, 0.25) is 0 Å². The number of benzene rings is 6. The minimum absolute atomic E-state index is 0.138. The maximum Gasteiger partial charge on any atom is 0.163 e. The molecule has 0 bridgehead atoms. The van der Waals surface area contributed by atoms with Crippen LogP contribution in [0.4, 0.5) is 0 Å². The molecule has 8 aromatic rings. The first-order valence-corrected chi connectivity index (χ1v) is 14.9. The second kappa shape index (κ2) is 9.85. The fourth-order valence-electron chi connectivity index (χ4n) is 6.75. The van der Waals surface area contributed by atoms with Crippen LogP contribution in [-0.2, 0) is 0 Å². The molecule has 44 heavy (non-hydrogen) atoms. The lowest BCUT2D eigenvalue weighted by Crippen LogP contribution is -2.09. The Morgan fingerprint density at radius 3 is 1.73 bits per heavy atom. The zero-order valence-electron chi connectivity index (χ0n) is 23.8. The van der Waals surface area contributed by atoms with Crippen molar-refractivity contribution in [1.29, 1.82) is 0 Å². The van der Waals surface area contributed by atoms with Crippen molar-refractivity contribution in [3.8, 4) is 39.6 Å². The molecular formula is C40H26N4. The maximum atomic E-state index is 5.18. The molecule has 1 aliphatic rings. The number of hydrogen-bond donors (Lipinski definition) is 0. The van der Waals surface area contributed by atoms with E-state index in [0.29, 0.717) is 11.6 Å². The van der Waals surface area contributed by atoms with Gasteiger partial charge in [0.25, 0.3) is 0 Å². The van der Waals surface area contributed by atoms with Gasteiger partial charge >= 0.3 is 0 Å². The Balaban J connectivity index is 1.34. The molecule has 4 nitrogen and oxygen atoms in total. The van der Waals surface area contributed by atoms with Crippen LogP contribution >= 0.6 is 0 Å². The number of nitrogens with zero attached hydrogens (tertiary/aromatic N) is 4. The minimum atomic E-state index is -0.138. The quantitative estimate of drug-likeness (QED) is 0.215. The molecule has 1 atom stereocenters. The Kier molecular flexibility index (Phi) is 5.53. The smallest absolute Gasteiger partial charge is 0.163 e. The van der Waals surface area contributed by atoms with Gasteiger partial charge in [0.15, 0.2) is 11.6 Å². The lowest BCUT2D eigenvalue weighted by molar-refractivity contribution is 0.856. The van der Waals surface area contributed by atoms with Gasteiger partial charge in [-0.15, -0.1) is 0 Å². The zero-order chi connectivity index (χ0) is 29.0. The van der Waals surface area contributed by atoms with E-state index in [9.17, 15) is 0 Å². The SMILES string of the molecule is c1ccc(-c2nc(-c3ccccc3)nc(C3c4ccccc4-c4cc5c6ccccc6n(-c6ccccc6)c5cc43)n2)cc1. The van der Waals surface area contributed by atoms with Crippen LogP contribution in [0.25, 0.3) is 61.4 Å². The number of aromatic nitrogens is 4. The third-order valence-electron chi connectivity index (χ3n) is 8.71. The van der Waals surface area contributed by atoms with E-state index in [1.54, 1.807) is 0 Å². The summed E-state index contributed by atoms with van der Waals surface area (Å²) in [7, 11) is 0. The Labute approximate surface area is 255 Å². The van der Waals surface area contributed by atoms with Crippen LogP contribution in [0, 0.1) is 0 Å². The zero-order valence-corrected chi connectivity index (χ0v) is 23.8. The van der Waals surface area contributed by atoms with Crippen molar-refractivity contribution in [2.75, 3.05) is 0 Å². The number of fused-ring (bicyclic) bond motifs is 6. The van der Waals surface area contributed by atoms with Crippen LogP contribution in [0.15, 0.2) is 152 Å². The summed E-state index contributed by atoms with van der Waals surface area (Å²) in [6.45, 7) is 0. The standard InChI is InChI=1S/C40H26N4/c1-4-14-26(15-5-1)38-41-39(27-16-6-2-7-17-27)43-40(42-38)37-31-22-11-10-20-29(31)32-24-33-30-21-12-13-23-35(30)44(36(33)25-34(32)37)28-18-8-3-9-19-28/h1-25,37H. The van der Waals surface area contributed by atoms with Crippen LogP contribution in [0.5, 0.6) is 0 Å². The predicted molar refractivity (Wildman–Crippen MR) is 178 cm³/mol. The topological polar surface area (TPSA) is 43.6 Å². The van der Waals surface area contributed by atoms with Crippen LogP contribution < -0.4 is 0 Å². The molecule has 206 valence electrons. The summed E-state index contributed by atoms with van der Waals surface area (Å²) in [4.78, 5) is 15.3. The molecule has 0 saturated carbocycles. The first-order chi connectivity index (χ1) is 21.8. The largest absolute Gasteiger partial charge is 0.309 e. The first-order valence-electron chi connectivity index (χ1n) is 14.9. The Morgan fingerprint density at radius 2 is 1.02 bits per heavy atom. The highest BCUT2D eigenvalue weighted by atomic mass is 15.0. The van der Waals surface area contributed by atoms with Crippen molar-refractivity contribution >= 4 is 21.8 Å². The summed E-state index contributed by atoms with van der Waals surface area (Å²) in [5, 5.41) is 2.48. The molecule has 4 heteroatoms. The van der Waals surface area contributed by atoms with Crippen molar-refractivity contribution in [3.05, 3.63) is 169 Å². The minimum Gasteiger partial charge on any atom is -0.309 e. The molecule has 2 heterocycles. The molecule has 0 saturated heterocycles. The fraction of sp³-hybridized carbons (Fsp3) is 0.0250. The van der Waals surface area contributed by atoms with Gasteiger partial charge in [0, 0.05) is 27.6 Å². The molecule has 0 spiro atoms. The van der Waals surface area contributed by atoms with E-state index in [1.165, 1.54) is 44.1 Å². The first kappa shape index (κ1) is 24.7. The van der Waals surface area contributed by atoms with Gasteiger partial charge in [0.1, 0.15) is 5.82 Å². The van der Waals surface area contributed by atoms with Crippen molar-refractivity contribution in [2.45, 2.75) is 5.92 Å². The molecule has 6 aromatic carbocycles. The predicted octanol–water partition coefficient (Wildman–Crippen LogP) is 9.46. The Morgan fingerprint density at radius 1 is 0.432 bits per heavy atom. The molecular weight excluding hydrogens is 536 g/mol. The maximum absolute atomic E-state index is 5.18. The van der Waals surface area contributed by atoms with Gasteiger partial charge in [-0.3, -0.25) is 0 Å². The molecule has 0 aliphatic heterocycles. The van der Waals surface area contributed by atoms with Crippen molar-refractivity contribution in [3.63, 3.8) is 0 Å². The summed E-state index contributed by atoms with van der Waals surface area (Å²) in [5.41, 5.74) is 10.3. The molecule has 1 unspecified atom stereocenters. The molecule has 0 amide bonds. The summed E-state index contributed by atoms with van der Waals surface area (Å²) in [6.07, 6.45) is 0. The lowest BCUT2D eigenvalue weighted by atomic mass is 9.95. The summed E-state index contributed by atoms with van der Waals surface area (Å²) < 4.78 is 2.38. The third-order valence-corrected chi connectivity index (χ3v) is 8.71. The van der Waals surface area contributed by atoms with E-state index < -0.39 is 0 Å². The molecule has 9 rings (SSSR count). The average molecular weight is 563 g/mol. The Bertz CT molecular complexity index is 2270. The second-order valence-electron chi connectivity index (χ2n) is 11.2. The molecule has 0 fully saturated rings. The van der Waals surface area contributed by atoms with Gasteiger partial charge < -0.3 is 4.57 Å². The highest BCUT2D eigenvalue weighted by Crippen LogP contribution is 2.50. The molecule has 1 aliphatic carbocycles. The average Bonchev–Trinajstić information content (AvgIpc) is 3.60. The van der Waals surface area contributed by atoms with Gasteiger partial charge in [-0.25, -0.2) is 15.0 Å².